The molecule has 5 heteroatoms. The molecular formula is C14H16FN3O. The van der Waals surface area contributed by atoms with Crippen molar-refractivity contribution in [3.05, 3.63) is 35.4 Å². The van der Waals surface area contributed by atoms with Crippen molar-refractivity contribution in [1.29, 1.82) is 0 Å². The first-order valence-corrected chi connectivity index (χ1v) is 6.54. The molecule has 0 radical (unpaired) electrons. The molecule has 100 valence electrons. The predicted molar refractivity (Wildman–Crippen MR) is 69.3 cm³/mol. The lowest BCUT2D eigenvalue weighted by atomic mass is 9.99. The zero-order valence-electron chi connectivity index (χ0n) is 10.8. The van der Waals surface area contributed by atoms with Gasteiger partial charge in [0.1, 0.15) is 5.82 Å². The fourth-order valence-electron chi connectivity index (χ4n) is 2.45. The number of benzene rings is 1. The van der Waals surface area contributed by atoms with Crippen LogP contribution in [-0.4, -0.2) is 23.2 Å². The largest absolute Gasteiger partial charge is 0.334 e. The van der Waals surface area contributed by atoms with Gasteiger partial charge in [-0.3, -0.25) is 0 Å². The summed E-state index contributed by atoms with van der Waals surface area (Å²) in [5.41, 5.74) is 1.48. The van der Waals surface area contributed by atoms with E-state index in [9.17, 15) is 4.39 Å². The molecule has 1 aliphatic heterocycles. The van der Waals surface area contributed by atoms with Gasteiger partial charge in [-0.2, -0.15) is 4.98 Å². The monoisotopic (exact) mass is 261 g/mol. The van der Waals surface area contributed by atoms with Crippen molar-refractivity contribution in [3.8, 4) is 11.5 Å². The van der Waals surface area contributed by atoms with Crippen LogP contribution in [0.2, 0.25) is 0 Å². The molecule has 1 saturated heterocycles. The second-order valence-electron chi connectivity index (χ2n) is 5.02. The molecule has 1 N–H and O–H groups in total. The Kier molecular flexibility index (Phi) is 3.29. The third kappa shape index (κ3) is 2.66. The van der Waals surface area contributed by atoms with Crippen LogP contribution in [0.5, 0.6) is 0 Å². The molecule has 1 aromatic heterocycles. The number of aryl methyl sites for hydroxylation is 1. The molecule has 4 nitrogen and oxygen atoms in total. The molecule has 1 unspecified atom stereocenters. The number of piperidine rings is 1. The van der Waals surface area contributed by atoms with Gasteiger partial charge in [-0.05, 0) is 50.1 Å². The van der Waals surface area contributed by atoms with Crippen molar-refractivity contribution < 1.29 is 8.91 Å². The van der Waals surface area contributed by atoms with Gasteiger partial charge >= 0.3 is 0 Å². The maximum atomic E-state index is 13.4. The Balaban J connectivity index is 1.87. The van der Waals surface area contributed by atoms with E-state index in [-0.39, 0.29) is 5.82 Å². The second-order valence-corrected chi connectivity index (χ2v) is 5.02. The van der Waals surface area contributed by atoms with E-state index >= 15 is 0 Å². The lowest BCUT2D eigenvalue weighted by Gasteiger charge is -2.19. The Morgan fingerprint density at radius 3 is 3.00 bits per heavy atom. The first-order chi connectivity index (χ1) is 9.22. The van der Waals surface area contributed by atoms with E-state index < -0.39 is 0 Å². The molecule has 3 rings (SSSR count). The molecule has 0 spiro atoms. The van der Waals surface area contributed by atoms with E-state index in [2.05, 4.69) is 15.5 Å². The Morgan fingerprint density at radius 1 is 1.37 bits per heavy atom. The van der Waals surface area contributed by atoms with E-state index in [0.717, 1.165) is 31.5 Å². The summed E-state index contributed by atoms with van der Waals surface area (Å²) >= 11 is 0. The van der Waals surface area contributed by atoms with Crippen molar-refractivity contribution in [2.24, 2.45) is 0 Å². The predicted octanol–water partition coefficient (Wildman–Crippen LogP) is 2.65. The van der Waals surface area contributed by atoms with Crippen molar-refractivity contribution >= 4 is 0 Å². The van der Waals surface area contributed by atoms with Crippen LogP contribution in [0.1, 0.15) is 30.1 Å². The lowest BCUT2D eigenvalue weighted by molar-refractivity contribution is 0.393. The molecule has 19 heavy (non-hydrogen) atoms. The molecule has 0 amide bonds. The highest BCUT2D eigenvalue weighted by atomic mass is 19.1. The van der Waals surface area contributed by atoms with Crippen LogP contribution in [0.3, 0.4) is 0 Å². The molecular weight excluding hydrogens is 245 g/mol. The Morgan fingerprint density at radius 2 is 2.26 bits per heavy atom. The molecule has 1 aliphatic rings. The number of aromatic nitrogens is 2. The van der Waals surface area contributed by atoms with Gasteiger partial charge in [0.05, 0.1) is 0 Å². The third-order valence-electron chi connectivity index (χ3n) is 3.39. The maximum absolute atomic E-state index is 13.4. The fraction of sp³-hybridized carbons (Fsp3) is 0.429. The standard InChI is InChI=1S/C14H16FN3O/c1-9-5-11(7-12(15)6-9)14-17-13(18-19-14)10-3-2-4-16-8-10/h5-7,10,16H,2-4,8H2,1H3. The summed E-state index contributed by atoms with van der Waals surface area (Å²) < 4.78 is 18.6. The Hall–Kier alpha value is -1.75. The Labute approximate surface area is 111 Å². The van der Waals surface area contributed by atoms with Gasteiger partial charge in [0.2, 0.25) is 0 Å². The van der Waals surface area contributed by atoms with E-state index in [1.54, 1.807) is 0 Å². The van der Waals surface area contributed by atoms with Gasteiger partial charge in [0.25, 0.3) is 5.89 Å². The van der Waals surface area contributed by atoms with Crippen LogP contribution in [-0.2, 0) is 0 Å². The van der Waals surface area contributed by atoms with E-state index in [4.69, 9.17) is 4.52 Å². The van der Waals surface area contributed by atoms with Crippen molar-refractivity contribution in [1.82, 2.24) is 15.5 Å². The van der Waals surface area contributed by atoms with Crippen LogP contribution < -0.4 is 5.32 Å². The highest BCUT2D eigenvalue weighted by Crippen LogP contribution is 2.25. The minimum absolute atomic E-state index is 0.283. The lowest BCUT2D eigenvalue weighted by Crippen LogP contribution is -2.28. The molecule has 0 saturated carbocycles. The van der Waals surface area contributed by atoms with E-state index in [0.29, 0.717) is 23.2 Å². The molecule has 0 aliphatic carbocycles. The van der Waals surface area contributed by atoms with Crippen molar-refractivity contribution in [3.63, 3.8) is 0 Å². The van der Waals surface area contributed by atoms with Crippen LogP contribution in [0.25, 0.3) is 11.5 Å². The Bertz CT molecular complexity index is 556. The normalized spacial score (nSPS) is 19.6. The average Bonchev–Trinajstić information content (AvgIpc) is 2.88. The molecule has 1 aromatic carbocycles. The zero-order chi connectivity index (χ0) is 13.2. The molecule has 0 bridgehead atoms. The number of nitrogens with zero attached hydrogens (tertiary/aromatic N) is 2. The zero-order valence-corrected chi connectivity index (χ0v) is 10.8. The topological polar surface area (TPSA) is 51.0 Å². The fourth-order valence-corrected chi connectivity index (χ4v) is 2.45. The summed E-state index contributed by atoms with van der Waals surface area (Å²) in [7, 11) is 0. The van der Waals surface area contributed by atoms with Gasteiger partial charge in [-0.1, -0.05) is 5.16 Å². The van der Waals surface area contributed by atoms with Crippen LogP contribution in [0.15, 0.2) is 22.7 Å². The van der Waals surface area contributed by atoms with Crippen LogP contribution in [0, 0.1) is 12.7 Å². The summed E-state index contributed by atoms with van der Waals surface area (Å²) in [6.45, 7) is 3.76. The summed E-state index contributed by atoms with van der Waals surface area (Å²) in [5.74, 6) is 1.11. The number of nitrogens with one attached hydrogen (secondary N) is 1. The SMILES string of the molecule is Cc1cc(F)cc(-c2nc(C3CCCNC3)no2)c1. The van der Waals surface area contributed by atoms with Crippen LogP contribution >= 0.6 is 0 Å². The minimum Gasteiger partial charge on any atom is -0.334 e. The highest BCUT2D eigenvalue weighted by Gasteiger charge is 2.21. The van der Waals surface area contributed by atoms with Crippen molar-refractivity contribution in [2.75, 3.05) is 13.1 Å². The van der Waals surface area contributed by atoms with Gasteiger partial charge < -0.3 is 9.84 Å². The molecule has 2 heterocycles. The van der Waals surface area contributed by atoms with Crippen molar-refractivity contribution in [2.45, 2.75) is 25.7 Å². The minimum atomic E-state index is -0.283. The average molecular weight is 261 g/mol. The van der Waals surface area contributed by atoms with Gasteiger partial charge in [-0.25, -0.2) is 4.39 Å². The number of rotatable bonds is 2. The third-order valence-corrected chi connectivity index (χ3v) is 3.39. The summed E-state index contributed by atoms with van der Waals surface area (Å²) in [6.07, 6.45) is 2.18. The van der Waals surface area contributed by atoms with E-state index in [1.807, 2.05) is 13.0 Å². The molecule has 1 atom stereocenters. The highest BCUT2D eigenvalue weighted by molar-refractivity contribution is 5.54. The number of halogens is 1. The summed E-state index contributed by atoms with van der Waals surface area (Å²) in [6, 6.07) is 4.74. The maximum Gasteiger partial charge on any atom is 0.258 e. The molecule has 2 aromatic rings. The van der Waals surface area contributed by atoms with Gasteiger partial charge in [0, 0.05) is 18.0 Å². The first kappa shape index (κ1) is 12.3. The second kappa shape index (κ2) is 5.09. The first-order valence-electron chi connectivity index (χ1n) is 6.54. The van der Waals surface area contributed by atoms with Crippen LogP contribution in [0.4, 0.5) is 4.39 Å². The van der Waals surface area contributed by atoms with E-state index in [1.165, 1.54) is 12.1 Å². The molecule has 1 fully saturated rings. The summed E-state index contributed by atoms with van der Waals surface area (Å²) in [5, 5.41) is 7.35. The van der Waals surface area contributed by atoms with Gasteiger partial charge in [0.15, 0.2) is 5.82 Å². The summed E-state index contributed by atoms with van der Waals surface area (Å²) in [4.78, 5) is 4.40. The smallest absolute Gasteiger partial charge is 0.258 e. The quantitative estimate of drug-likeness (QED) is 0.903. The van der Waals surface area contributed by atoms with Gasteiger partial charge in [-0.15, -0.1) is 0 Å². The number of hydrogen-bond donors (Lipinski definition) is 1. The number of hydrogen-bond acceptors (Lipinski definition) is 4.